The lowest BCUT2D eigenvalue weighted by Gasteiger charge is -2.53. The van der Waals surface area contributed by atoms with Crippen LogP contribution >= 0.6 is 0 Å². The molecule has 1 aromatic carbocycles. The number of carbonyl (C=O) groups is 2. The topological polar surface area (TPSA) is 61.4 Å². The molecule has 5 nitrogen and oxygen atoms in total. The van der Waals surface area contributed by atoms with Crippen molar-refractivity contribution in [2.45, 2.75) is 58.2 Å². The smallest absolute Gasteiger partial charge is 0.350 e. The summed E-state index contributed by atoms with van der Waals surface area (Å²) in [5.41, 5.74) is -0.678. The lowest BCUT2D eigenvalue weighted by atomic mass is 9.65. The number of benzene rings is 1. The quantitative estimate of drug-likeness (QED) is 0.765. The van der Waals surface area contributed by atoms with Gasteiger partial charge in [-0.2, -0.15) is 13.2 Å². The summed E-state index contributed by atoms with van der Waals surface area (Å²) >= 11 is 0. The Morgan fingerprint density at radius 2 is 1.77 bits per heavy atom. The van der Waals surface area contributed by atoms with Gasteiger partial charge in [0, 0.05) is 30.2 Å². The van der Waals surface area contributed by atoms with Gasteiger partial charge in [-0.1, -0.05) is 6.07 Å². The molecule has 2 aliphatic rings. The Kier molecular flexibility index (Phi) is 6.18. The predicted molar refractivity (Wildman–Crippen MR) is 109 cm³/mol. The first-order valence-corrected chi connectivity index (χ1v) is 10.4. The van der Waals surface area contributed by atoms with E-state index in [-0.39, 0.29) is 34.4 Å². The van der Waals surface area contributed by atoms with E-state index < -0.39 is 11.7 Å². The summed E-state index contributed by atoms with van der Waals surface area (Å²) in [6, 6.07) is 4.73. The second-order valence-corrected chi connectivity index (χ2v) is 9.79. The molecular weight excluding hydrogens is 395 g/mol. The third-order valence-electron chi connectivity index (χ3n) is 5.87. The second-order valence-electron chi connectivity index (χ2n) is 9.79. The Morgan fingerprint density at radius 1 is 1.13 bits per heavy atom. The van der Waals surface area contributed by atoms with Crippen LogP contribution in [0.15, 0.2) is 24.3 Å². The molecule has 8 heteroatoms. The van der Waals surface area contributed by atoms with Gasteiger partial charge >= 0.3 is 6.18 Å². The number of rotatable bonds is 4. The average molecular weight is 425 g/mol. The summed E-state index contributed by atoms with van der Waals surface area (Å²) < 4.78 is 38.5. The zero-order valence-corrected chi connectivity index (χ0v) is 17.7. The molecule has 166 valence electrons. The summed E-state index contributed by atoms with van der Waals surface area (Å²) in [4.78, 5) is 26.7. The van der Waals surface area contributed by atoms with Crippen LogP contribution in [0.1, 0.15) is 52.0 Å². The molecule has 0 radical (unpaired) electrons. The minimum Gasteiger partial charge on any atom is -0.350 e. The normalized spacial score (nSPS) is 19.9. The number of halogens is 3. The summed E-state index contributed by atoms with van der Waals surface area (Å²) in [6.45, 7) is 7.95. The van der Waals surface area contributed by atoms with Crippen LogP contribution in [0.4, 0.5) is 18.9 Å². The molecule has 0 atom stereocenters. The van der Waals surface area contributed by atoms with E-state index in [2.05, 4.69) is 15.5 Å². The molecule has 1 aliphatic heterocycles. The van der Waals surface area contributed by atoms with E-state index in [0.717, 1.165) is 38.1 Å². The number of anilines is 1. The van der Waals surface area contributed by atoms with Gasteiger partial charge in [0.1, 0.15) is 0 Å². The van der Waals surface area contributed by atoms with Crippen LogP contribution in [0.3, 0.4) is 0 Å². The van der Waals surface area contributed by atoms with Crippen LogP contribution in [-0.2, 0) is 15.8 Å². The fraction of sp³-hybridized carbons (Fsp3) is 0.636. The average Bonchev–Trinajstić information content (AvgIpc) is 2.59. The standard InChI is InChI=1S/C22H30F3N3O2/c1-20(2,3)27-18(29)12-28-13-21(14-28)9-7-15(8-10-21)19(30)26-17-6-4-5-16(11-17)22(23,24)25/h4-6,11,15H,7-10,12-14H2,1-3H3,(H,26,30)(H,27,29). The number of carbonyl (C=O) groups excluding carboxylic acids is 2. The van der Waals surface area contributed by atoms with E-state index in [1.807, 2.05) is 20.8 Å². The van der Waals surface area contributed by atoms with Gasteiger partial charge in [0.15, 0.2) is 0 Å². The lowest BCUT2D eigenvalue weighted by Crippen LogP contribution is -2.60. The second kappa shape index (κ2) is 8.21. The maximum Gasteiger partial charge on any atom is 0.416 e. The molecule has 0 bridgehead atoms. The SMILES string of the molecule is CC(C)(C)NC(=O)CN1CC2(CCC(C(=O)Nc3cccc(C(F)(F)F)c3)CC2)C1. The van der Waals surface area contributed by atoms with Crippen molar-refractivity contribution in [3.8, 4) is 0 Å². The third kappa shape index (κ3) is 5.74. The molecule has 0 unspecified atom stereocenters. The first-order chi connectivity index (χ1) is 13.9. The van der Waals surface area contributed by atoms with Crippen molar-refractivity contribution in [2.75, 3.05) is 25.0 Å². The summed E-state index contributed by atoms with van der Waals surface area (Å²) in [5, 5.41) is 5.61. The minimum atomic E-state index is -4.43. The molecule has 2 fully saturated rings. The number of hydrogen-bond acceptors (Lipinski definition) is 3. The van der Waals surface area contributed by atoms with E-state index in [9.17, 15) is 22.8 Å². The minimum absolute atomic E-state index is 0.0199. The van der Waals surface area contributed by atoms with Crippen molar-refractivity contribution in [1.29, 1.82) is 0 Å². The van der Waals surface area contributed by atoms with E-state index in [4.69, 9.17) is 0 Å². The van der Waals surface area contributed by atoms with Gasteiger partial charge in [0.25, 0.3) is 0 Å². The zero-order chi connectivity index (χ0) is 22.2. The van der Waals surface area contributed by atoms with E-state index in [1.54, 1.807) is 0 Å². The van der Waals surface area contributed by atoms with Crippen LogP contribution in [-0.4, -0.2) is 41.9 Å². The van der Waals surface area contributed by atoms with Crippen LogP contribution < -0.4 is 10.6 Å². The summed E-state index contributed by atoms with van der Waals surface area (Å²) in [7, 11) is 0. The molecule has 3 rings (SSSR count). The van der Waals surface area contributed by atoms with Crippen molar-refractivity contribution in [1.82, 2.24) is 10.2 Å². The fourth-order valence-corrected chi connectivity index (χ4v) is 4.50. The molecule has 1 aromatic rings. The van der Waals surface area contributed by atoms with Crippen molar-refractivity contribution in [3.63, 3.8) is 0 Å². The molecule has 2 amide bonds. The predicted octanol–water partition coefficient (Wildman–Crippen LogP) is 4.05. The van der Waals surface area contributed by atoms with Gasteiger partial charge in [-0.15, -0.1) is 0 Å². The van der Waals surface area contributed by atoms with E-state index in [1.165, 1.54) is 12.1 Å². The molecule has 1 saturated carbocycles. The van der Waals surface area contributed by atoms with Crippen molar-refractivity contribution in [3.05, 3.63) is 29.8 Å². The van der Waals surface area contributed by atoms with E-state index >= 15 is 0 Å². The van der Waals surface area contributed by atoms with Crippen molar-refractivity contribution >= 4 is 17.5 Å². The van der Waals surface area contributed by atoms with Gasteiger partial charge < -0.3 is 10.6 Å². The third-order valence-corrected chi connectivity index (χ3v) is 5.87. The maximum atomic E-state index is 12.8. The summed E-state index contributed by atoms with van der Waals surface area (Å²) in [5.74, 6) is -0.389. The van der Waals surface area contributed by atoms with Gasteiger partial charge in [-0.3, -0.25) is 14.5 Å². The van der Waals surface area contributed by atoms with Crippen molar-refractivity contribution in [2.24, 2.45) is 11.3 Å². The molecule has 0 aromatic heterocycles. The lowest BCUT2D eigenvalue weighted by molar-refractivity contribution is -0.137. The highest BCUT2D eigenvalue weighted by Gasteiger charge is 2.46. The highest BCUT2D eigenvalue weighted by Crippen LogP contribution is 2.45. The number of amides is 2. The van der Waals surface area contributed by atoms with Crippen LogP contribution in [0, 0.1) is 11.3 Å². The molecule has 30 heavy (non-hydrogen) atoms. The Hall–Kier alpha value is -2.09. The number of nitrogens with zero attached hydrogens (tertiary/aromatic N) is 1. The molecule has 1 saturated heterocycles. The Morgan fingerprint density at radius 3 is 2.33 bits per heavy atom. The first-order valence-electron chi connectivity index (χ1n) is 10.4. The van der Waals surface area contributed by atoms with Crippen LogP contribution in [0.25, 0.3) is 0 Å². The van der Waals surface area contributed by atoms with Gasteiger partial charge in [0.2, 0.25) is 11.8 Å². The number of alkyl halides is 3. The Balaban J connectivity index is 1.45. The molecule has 1 aliphatic carbocycles. The monoisotopic (exact) mass is 425 g/mol. The maximum absolute atomic E-state index is 12.8. The number of hydrogen-bond donors (Lipinski definition) is 2. The molecule has 2 N–H and O–H groups in total. The fourth-order valence-electron chi connectivity index (χ4n) is 4.50. The molecule has 1 heterocycles. The van der Waals surface area contributed by atoms with Gasteiger partial charge in [-0.25, -0.2) is 0 Å². The van der Waals surface area contributed by atoms with Gasteiger partial charge in [0.05, 0.1) is 12.1 Å². The Labute approximate surface area is 175 Å². The van der Waals surface area contributed by atoms with E-state index in [0.29, 0.717) is 19.4 Å². The first kappa shape index (κ1) is 22.6. The highest BCUT2D eigenvalue weighted by molar-refractivity contribution is 5.92. The van der Waals surface area contributed by atoms with Crippen molar-refractivity contribution < 1.29 is 22.8 Å². The van der Waals surface area contributed by atoms with Crippen LogP contribution in [0.2, 0.25) is 0 Å². The highest BCUT2D eigenvalue weighted by atomic mass is 19.4. The van der Waals surface area contributed by atoms with Gasteiger partial charge in [-0.05, 0) is 70.1 Å². The number of nitrogens with one attached hydrogen (secondary N) is 2. The molecular formula is C22H30F3N3O2. The zero-order valence-electron chi connectivity index (χ0n) is 17.7. The number of likely N-dealkylation sites (tertiary alicyclic amines) is 1. The Bertz CT molecular complexity index is 786. The largest absolute Gasteiger partial charge is 0.416 e. The molecule has 1 spiro atoms. The van der Waals surface area contributed by atoms with Crippen LogP contribution in [0.5, 0.6) is 0 Å². The summed E-state index contributed by atoms with van der Waals surface area (Å²) in [6.07, 6.45) is -1.21.